The number of hydrogen-bond acceptors (Lipinski definition) is 3. The number of rotatable bonds is 4. The van der Waals surface area contributed by atoms with Gasteiger partial charge >= 0.3 is 0 Å². The van der Waals surface area contributed by atoms with Crippen molar-refractivity contribution in [3.8, 4) is 11.8 Å². The van der Waals surface area contributed by atoms with Gasteiger partial charge in [-0.1, -0.05) is 15.9 Å². The Kier molecular flexibility index (Phi) is 4.94. The summed E-state index contributed by atoms with van der Waals surface area (Å²) in [6.45, 7) is 1.69. The number of hydrogen-bond donors (Lipinski definition) is 1. The molecule has 0 radical (unpaired) electrons. The van der Waals surface area contributed by atoms with Crippen molar-refractivity contribution in [2.75, 3.05) is 0 Å². The van der Waals surface area contributed by atoms with E-state index in [4.69, 9.17) is 10.00 Å². The van der Waals surface area contributed by atoms with E-state index in [0.717, 1.165) is 4.47 Å². The lowest BCUT2D eigenvalue weighted by atomic mass is 10.1. The van der Waals surface area contributed by atoms with Gasteiger partial charge in [0, 0.05) is 15.6 Å². The van der Waals surface area contributed by atoms with Gasteiger partial charge in [-0.15, -0.1) is 0 Å². The highest BCUT2D eigenvalue weighted by atomic mass is 79.9. The van der Waals surface area contributed by atoms with Crippen LogP contribution in [0, 0.1) is 17.1 Å². The maximum atomic E-state index is 13.3. The van der Waals surface area contributed by atoms with Gasteiger partial charge in [0.05, 0.1) is 17.7 Å². The number of halogens is 2. The lowest BCUT2D eigenvalue weighted by molar-refractivity contribution is 0.190. The van der Waals surface area contributed by atoms with E-state index in [1.54, 1.807) is 25.1 Å². The second-order valence-electron chi connectivity index (χ2n) is 4.56. The number of aliphatic hydroxyl groups is 1. The highest BCUT2D eigenvalue weighted by Gasteiger charge is 2.11. The predicted octanol–water partition coefficient (Wildman–Crippen LogP) is 4.09. The molecule has 0 heterocycles. The van der Waals surface area contributed by atoms with E-state index in [1.807, 2.05) is 6.07 Å². The molecule has 0 aliphatic heterocycles. The monoisotopic (exact) mass is 349 g/mol. The third-order valence-corrected chi connectivity index (χ3v) is 3.49. The molecule has 0 unspecified atom stereocenters. The molecule has 0 aliphatic carbocycles. The van der Waals surface area contributed by atoms with Crippen molar-refractivity contribution in [2.24, 2.45) is 0 Å². The molecule has 5 heteroatoms. The fourth-order valence-electron chi connectivity index (χ4n) is 1.92. The molecule has 3 nitrogen and oxygen atoms in total. The Morgan fingerprint density at radius 2 is 2.10 bits per heavy atom. The minimum Gasteiger partial charge on any atom is -0.488 e. The smallest absolute Gasteiger partial charge is 0.125 e. The van der Waals surface area contributed by atoms with E-state index in [9.17, 15) is 9.50 Å². The van der Waals surface area contributed by atoms with Crippen LogP contribution < -0.4 is 4.74 Å². The fraction of sp³-hybridized carbons (Fsp3) is 0.188. The van der Waals surface area contributed by atoms with E-state index < -0.39 is 11.9 Å². The maximum Gasteiger partial charge on any atom is 0.125 e. The fourth-order valence-corrected chi connectivity index (χ4v) is 2.30. The summed E-state index contributed by atoms with van der Waals surface area (Å²) in [5.74, 6) is 0.0838. The van der Waals surface area contributed by atoms with Crippen molar-refractivity contribution in [2.45, 2.75) is 19.6 Å². The Morgan fingerprint density at radius 1 is 1.33 bits per heavy atom. The predicted molar refractivity (Wildman–Crippen MR) is 80.2 cm³/mol. The molecule has 108 valence electrons. The topological polar surface area (TPSA) is 53.2 Å². The Bertz CT molecular complexity index is 695. The van der Waals surface area contributed by atoms with Gasteiger partial charge in [0.2, 0.25) is 0 Å². The molecule has 0 bridgehead atoms. The zero-order chi connectivity index (χ0) is 15.4. The van der Waals surface area contributed by atoms with Crippen LogP contribution in [0.1, 0.15) is 29.7 Å². The Hall–Kier alpha value is -1.90. The average molecular weight is 350 g/mol. The molecule has 2 rings (SSSR count). The lowest BCUT2D eigenvalue weighted by Crippen LogP contribution is -2.03. The summed E-state index contributed by atoms with van der Waals surface area (Å²) in [5, 5.41) is 18.8. The molecule has 0 saturated heterocycles. The van der Waals surface area contributed by atoms with Crippen LogP contribution in [0.3, 0.4) is 0 Å². The van der Waals surface area contributed by atoms with E-state index in [2.05, 4.69) is 15.9 Å². The Balaban J connectivity index is 2.25. The summed E-state index contributed by atoms with van der Waals surface area (Å²) in [7, 11) is 0. The van der Waals surface area contributed by atoms with Crippen LogP contribution in [0.15, 0.2) is 40.9 Å². The number of nitriles is 1. The van der Waals surface area contributed by atoms with Gasteiger partial charge in [0.25, 0.3) is 0 Å². The molecule has 0 aliphatic rings. The number of ether oxygens (including phenoxy) is 1. The van der Waals surface area contributed by atoms with Crippen LogP contribution in [0.25, 0.3) is 0 Å². The van der Waals surface area contributed by atoms with E-state index in [0.29, 0.717) is 22.4 Å². The van der Waals surface area contributed by atoms with Crippen LogP contribution in [0.4, 0.5) is 4.39 Å². The molecule has 0 saturated carbocycles. The van der Waals surface area contributed by atoms with E-state index in [-0.39, 0.29) is 6.61 Å². The molecule has 0 spiro atoms. The molecule has 0 aromatic heterocycles. The van der Waals surface area contributed by atoms with Crippen LogP contribution in [-0.2, 0) is 6.61 Å². The maximum absolute atomic E-state index is 13.3. The summed E-state index contributed by atoms with van der Waals surface area (Å²) < 4.78 is 19.7. The first-order valence-electron chi connectivity index (χ1n) is 6.30. The largest absolute Gasteiger partial charge is 0.488 e. The van der Waals surface area contributed by atoms with E-state index in [1.165, 1.54) is 18.2 Å². The van der Waals surface area contributed by atoms with Gasteiger partial charge in [0.15, 0.2) is 0 Å². The van der Waals surface area contributed by atoms with Gasteiger partial charge in [-0.3, -0.25) is 0 Å². The van der Waals surface area contributed by atoms with Gasteiger partial charge in [-0.05, 0) is 43.3 Å². The van der Waals surface area contributed by atoms with Gasteiger partial charge in [-0.25, -0.2) is 4.39 Å². The minimum absolute atomic E-state index is 0.0575. The summed E-state index contributed by atoms with van der Waals surface area (Å²) in [5.41, 5.74) is 1.46. The standard InChI is InChI=1S/C16H13BrFNO2/c1-10(20)15-7-13(17)3-5-16(15)21-9-12-6-14(18)4-2-11(12)8-19/h2-7,10,20H,9H2,1H3/t10-/m0/s1. The van der Waals surface area contributed by atoms with E-state index >= 15 is 0 Å². The molecular formula is C16H13BrFNO2. The first-order chi connectivity index (χ1) is 10.0. The molecule has 0 fully saturated rings. The normalized spacial score (nSPS) is 11.8. The quantitative estimate of drug-likeness (QED) is 0.904. The highest BCUT2D eigenvalue weighted by Crippen LogP contribution is 2.29. The molecule has 2 aromatic rings. The van der Waals surface area contributed by atoms with Crippen LogP contribution in [-0.4, -0.2) is 5.11 Å². The summed E-state index contributed by atoms with van der Waals surface area (Å²) in [6, 6.07) is 11.2. The number of aliphatic hydroxyl groups excluding tert-OH is 1. The van der Waals surface area contributed by atoms with Crippen molar-refractivity contribution < 1.29 is 14.2 Å². The third kappa shape index (κ3) is 3.81. The second kappa shape index (κ2) is 6.70. The van der Waals surface area contributed by atoms with Crippen LogP contribution in [0.5, 0.6) is 5.75 Å². The van der Waals surface area contributed by atoms with Crippen molar-refractivity contribution in [3.05, 3.63) is 63.4 Å². The third-order valence-electron chi connectivity index (χ3n) is 2.99. The first-order valence-corrected chi connectivity index (χ1v) is 7.09. The number of benzene rings is 2. The molecule has 1 N–H and O–H groups in total. The summed E-state index contributed by atoms with van der Waals surface area (Å²) >= 11 is 3.33. The van der Waals surface area contributed by atoms with Crippen LogP contribution in [0.2, 0.25) is 0 Å². The molecule has 1 atom stereocenters. The molecule has 2 aromatic carbocycles. The SMILES string of the molecule is C[C@H](O)c1cc(Br)ccc1OCc1cc(F)ccc1C#N. The first kappa shape index (κ1) is 15.5. The zero-order valence-electron chi connectivity index (χ0n) is 11.3. The van der Waals surface area contributed by atoms with Gasteiger partial charge in [-0.2, -0.15) is 5.26 Å². The highest BCUT2D eigenvalue weighted by molar-refractivity contribution is 9.10. The minimum atomic E-state index is -0.694. The van der Waals surface area contributed by atoms with Gasteiger partial charge in [0.1, 0.15) is 18.2 Å². The Morgan fingerprint density at radius 3 is 2.76 bits per heavy atom. The summed E-state index contributed by atoms with van der Waals surface area (Å²) in [6.07, 6.45) is -0.694. The molecular weight excluding hydrogens is 337 g/mol. The molecule has 21 heavy (non-hydrogen) atoms. The van der Waals surface area contributed by atoms with Crippen molar-refractivity contribution >= 4 is 15.9 Å². The van der Waals surface area contributed by atoms with Gasteiger partial charge < -0.3 is 9.84 Å². The Labute approximate surface area is 130 Å². The second-order valence-corrected chi connectivity index (χ2v) is 5.48. The summed E-state index contributed by atoms with van der Waals surface area (Å²) in [4.78, 5) is 0. The zero-order valence-corrected chi connectivity index (χ0v) is 12.9. The van der Waals surface area contributed by atoms with Crippen LogP contribution >= 0.6 is 15.9 Å². The molecule has 0 amide bonds. The lowest BCUT2D eigenvalue weighted by Gasteiger charge is -2.14. The number of nitrogens with zero attached hydrogens (tertiary/aromatic N) is 1. The van der Waals surface area contributed by atoms with Crippen molar-refractivity contribution in [1.29, 1.82) is 5.26 Å². The van der Waals surface area contributed by atoms with Crippen molar-refractivity contribution in [1.82, 2.24) is 0 Å². The average Bonchev–Trinajstić information content (AvgIpc) is 2.46. The van der Waals surface area contributed by atoms with Crippen molar-refractivity contribution in [3.63, 3.8) is 0 Å².